The second kappa shape index (κ2) is 18.2. The van der Waals surface area contributed by atoms with E-state index in [0.717, 1.165) is 23.3 Å². The molecule has 0 aliphatic carbocycles. The van der Waals surface area contributed by atoms with Crippen molar-refractivity contribution in [3.8, 4) is 0 Å². The second-order valence-corrected chi connectivity index (χ2v) is 17.9. The zero-order valence-corrected chi connectivity index (χ0v) is 34.3. The fraction of sp³-hybridized carbons (Fsp3) is 0.487. The number of rotatable bonds is 15. The van der Waals surface area contributed by atoms with Gasteiger partial charge in [0, 0.05) is 31.1 Å². The van der Waals surface area contributed by atoms with E-state index in [1.807, 2.05) is 18.2 Å². The summed E-state index contributed by atoms with van der Waals surface area (Å²) in [5.41, 5.74) is 0.775. The van der Waals surface area contributed by atoms with Crippen LogP contribution in [0.5, 0.6) is 0 Å². The number of alkyl halides is 2. The summed E-state index contributed by atoms with van der Waals surface area (Å²) < 4.78 is 65.2. The van der Waals surface area contributed by atoms with Crippen LogP contribution >= 0.6 is 7.60 Å². The highest BCUT2D eigenvalue weighted by atomic mass is 31.2. The number of allylic oxidation sites excluding steroid dienone is 1. The monoisotopic (exact) mass is 833 g/mol. The van der Waals surface area contributed by atoms with Crippen LogP contribution in [-0.4, -0.2) is 74.5 Å². The first-order valence-corrected chi connectivity index (χ1v) is 20.0. The number of hydrogen-bond donors (Lipinski definition) is 4. The highest BCUT2D eigenvalue weighted by Gasteiger charge is 2.56. The Morgan fingerprint density at radius 2 is 1.43 bits per heavy atom. The maximum absolute atomic E-state index is 16.0. The molecule has 5 amide bonds. The van der Waals surface area contributed by atoms with Gasteiger partial charge in [-0.15, -0.1) is 0 Å². The average Bonchev–Trinajstić information content (AvgIpc) is 3.48. The summed E-state index contributed by atoms with van der Waals surface area (Å²) in [6.07, 6.45) is 2.11. The maximum atomic E-state index is 16.0. The first-order chi connectivity index (χ1) is 27.0. The normalized spacial score (nSPS) is 17.2. The Balaban J connectivity index is 1.48. The van der Waals surface area contributed by atoms with Gasteiger partial charge in [-0.2, -0.15) is 8.78 Å². The number of nitrogens with two attached hydrogens (primary N) is 1. The highest BCUT2D eigenvalue weighted by Crippen LogP contribution is 2.67. The standard InChI is InChI=1S/C39H50F2N5O11P/c1-23(19-30(47)45-28-16-13-25-9-8-10-26-20-29(46(31(25)26)33(28)49)32(48)43-17-18-44-36(42)52)24-11-14-27(15-12-24)39(40,41)58(53,56-21-54-34(50)37(2,3)4)57-22-55-35(51)38(5,6)7/h8-12,14-15,19,28-29H,13,16-18,20-22H2,1-7H3,(H,43,48)(H,45,47)(H3,42,44,52)/b23-19+/t28-,29-/m0/s1. The van der Waals surface area contributed by atoms with Gasteiger partial charge in [0.15, 0.2) is 0 Å². The lowest BCUT2D eigenvalue weighted by Gasteiger charge is -2.28. The minimum Gasteiger partial charge on any atom is -0.438 e. The Morgan fingerprint density at radius 1 is 0.879 bits per heavy atom. The molecule has 0 bridgehead atoms. The number of benzene rings is 2. The van der Waals surface area contributed by atoms with Gasteiger partial charge in [0.1, 0.15) is 12.1 Å². The van der Waals surface area contributed by atoms with Crippen molar-refractivity contribution in [2.75, 3.05) is 31.6 Å². The zero-order valence-electron chi connectivity index (χ0n) is 33.4. The lowest BCUT2D eigenvalue weighted by atomic mass is 9.98. The topological polar surface area (TPSA) is 222 Å². The van der Waals surface area contributed by atoms with Crippen LogP contribution in [0.2, 0.25) is 0 Å². The van der Waals surface area contributed by atoms with Crippen molar-refractivity contribution in [2.24, 2.45) is 16.6 Å². The molecule has 2 atom stereocenters. The number of nitrogens with one attached hydrogen (secondary N) is 3. The van der Waals surface area contributed by atoms with E-state index in [1.54, 1.807) is 6.92 Å². The number of aryl methyl sites for hydroxylation is 1. The number of primary amides is 1. The van der Waals surface area contributed by atoms with Gasteiger partial charge in [0.2, 0.25) is 31.3 Å². The number of para-hydroxylation sites is 1. The van der Waals surface area contributed by atoms with Gasteiger partial charge in [0.25, 0.3) is 0 Å². The molecule has 2 aliphatic heterocycles. The van der Waals surface area contributed by atoms with Crippen molar-refractivity contribution >= 4 is 54.5 Å². The van der Waals surface area contributed by atoms with Crippen LogP contribution in [0.25, 0.3) is 5.57 Å². The number of esters is 2. The number of urea groups is 1. The quantitative estimate of drug-likeness (QED) is 0.0637. The molecule has 0 fully saturated rings. The number of anilines is 1. The predicted molar refractivity (Wildman–Crippen MR) is 207 cm³/mol. The third kappa shape index (κ3) is 10.8. The van der Waals surface area contributed by atoms with E-state index >= 15 is 8.78 Å². The molecule has 0 radical (unpaired) electrons. The molecule has 0 saturated heterocycles. The molecular formula is C39H50F2N5O11P. The summed E-state index contributed by atoms with van der Waals surface area (Å²) in [5.74, 6) is -3.23. The van der Waals surface area contributed by atoms with Crippen LogP contribution in [0.4, 0.5) is 19.3 Å². The smallest absolute Gasteiger partial charge is 0.410 e. The predicted octanol–water partition coefficient (Wildman–Crippen LogP) is 4.63. The Kier molecular flexibility index (Phi) is 14.3. The number of ether oxygens (including phenoxy) is 2. The molecule has 4 rings (SSSR count). The van der Waals surface area contributed by atoms with Crippen molar-refractivity contribution in [2.45, 2.75) is 85.5 Å². The van der Waals surface area contributed by atoms with Crippen molar-refractivity contribution in [3.63, 3.8) is 0 Å². The molecule has 0 saturated carbocycles. The fourth-order valence-electron chi connectivity index (χ4n) is 5.98. The molecule has 16 nitrogen and oxygen atoms in total. The Labute approximate surface area is 335 Å². The van der Waals surface area contributed by atoms with E-state index in [-0.39, 0.29) is 25.9 Å². The van der Waals surface area contributed by atoms with Gasteiger partial charge in [-0.1, -0.05) is 42.5 Å². The summed E-state index contributed by atoms with van der Waals surface area (Å²) in [4.78, 5) is 77.3. The molecule has 0 unspecified atom stereocenters. The highest BCUT2D eigenvalue weighted by molar-refractivity contribution is 7.54. The van der Waals surface area contributed by atoms with Gasteiger partial charge in [-0.3, -0.25) is 42.5 Å². The van der Waals surface area contributed by atoms with Crippen LogP contribution in [0.3, 0.4) is 0 Å². The minimum atomic E-state index is -5.55. The molecule has 2 aromatic rings. The van der Waals surface area contributed by atoms with E-state index in [4.69, 9.17) is 24.3 Å². The van der Waals surface area contributed by atoms with E-state index in [0.29, 0.717) is 23.2 Å². The summed E-state index contributed by atoms with van der Waals surface area (Å²) in [7, 11) is -5.55. The van der Waals surface area contributed by atoms with Gasteiger partial charge >= 0.3 is 31.2 Å². The minimum absolute atomic E-state index is 0.0802. The number of carbonyl (C=O) groups is 6. The molecule has 2 heterocycles. The van der Waals surface area contributed by atoms with Crippen LogP contribution in [0, 0.1) is 10.8 Å². The molecule has 5 N–H and O–H groups in total. The first-order valence-electron chi connectivity index (χ1n) is 18.4. The van der Waals surface area contributed by atoms with Crippen LogP contribution < -0.4 is 26.6 Å². The van der Waals surface area contributed by atoms with Crippen molar-refractivity contribution in [1.29, 1.82) is 0 Å². The largest absolute Gasteiger partial charge is 0.438 e. The van der Waals surface area contributed by atoms with E-state index in [2.05, 4.69) is 16.0 Å². The van der Waals surface area contributed by atoms with Crippen molar-refractivity contribution < 1.29 is 60.6 Å². The van der Waals surface area contributed by atoms with Crippen LogP contribution in [0.15, 0.2) is 48.5 Å². The van der Waals surface area contributed by atoms with E-state index in [9.17, 15) is 33.3 Å². The Bertz CT molecular complexity index is 1960. The number of carbonyl (C=O) groups excluding carboxylic acids is 6. The molecular weight excluding hydrogens is 783 g/mol. The molecule has 58 heavy (non-hydrogen) atoms. The van der Waals surface area contributed by atoms with Gasteiger partial charge < -0.3 is 31.2 Å². The molecule has 0 aromatic heterocycles. The molecule has 2 aliphatic rings. The van der Waals surface area contributed by atoms with E-state index < -0.39 is 91.0 Å². The SMILES string of the molecule is C/C(=C\C(=O)N[C@H]1CCc2cccc3c2N(C1=O)[C@H](C(=O)NCCNC(N)=O)C3)c1ccc(C(F)(F)P(=O)(OCOC(=O)C(C)(C)C)OCOC(=O)C(C)(C)C)cc1. The summed E-state index contributed by atoms with van der Waals surface area (Å²) in [6, 6.07) is 7.26. The number of halogens is 2. The van der Waals surface area contributed by atoms with Crippen LogP contribution in [-0.2, 0) is 65.6 Å². The number of nitrogens with zero attached hydrogens (tertiary/aromatic N) is 1. The maximum Gasteiger partial charge on any atom is 0.410 e. The van der Waals surface area contributed by atoms with Crippen LogP contribution in [0.1, 0.15) is 77.1 Å². The molecule has 19 heteroatoms. The zero-order chi connectivity index (χ0) is 43.2. The van der Waals surface area contributed by atoms with Gasteiger partial charge in [-0.05, 0) is 83.6 Å². The third-order valence-electron chi connectivity index (χ3n) is 9.18. The van der Waals surface area contributed by atoms with Crippen molar-refractivity contribution in [3.05, 3.63) is 70.8 Å². The van der Waals surface area contributed by atoms with Crippen molar-refractivity contribution in [1.82, 2.24) is 16.0 Å². The summed E-state index contributed by atoms with van der Waals surface area (Å²) in [5, 5.41) is 7.81. The van der Waals surface area contributed by atoms with E-state index in [1.165, 1.54) is 64.7 Å². The Morgan fingerprint density at radius 3 is 1.98 bits per heavy atom. The molecule has 316 valence electrons. The molecule has 2 aromatic carbocycles. The third-order valence-corrected chi connectivity index (χ3v) is 11.0. The van der Waals surface area contributed by atoms with Gasteiger partial charge in [0.05, 0.1) is 16.5 Å². The summed E-state index contributed by atoms with van der Waals surface area (Å²) >= 11 is 0. The number of amides is 5. The Hall–Kier alpha value is -5.19. The lowest BCUT2D eigenvalue weighted by Crippen LogP contribution is -2.54. The first kappa shape index (κ1) is 45.5. The molecule has 0 spiro atoms. The summed E-state index contributed by atoms with van der Waals surface area (Å²) in [6.45, 7) is 8.50. The lowest BCUT2D eigenvalue weighted by molar-refractivity contribution is -0.163. The second-order valence-electron chi connectivity index (χ2n) is 15.8. The fourth-order valence-corrected chi connectivity index (χ4v) is 7.23. The van der Waals surface area contributed by atoms with Gasteiger partial charge in [-0.25, -0.2) is 4.79 Å². The average molecular weight is 834 g/mol. The number of hydrogen-bond acceptors (Lipinski definition) is 11.